The van der Waals surface area contributed by atoms with Crippen molar-refractivity contribution in [3.8, 4) is 23.0 Å². The summed E-state index contributed by atoms with van der Waals surface area (Å²) in [5, 5.41) is 68.8. The van der Waals surface area contributed by atoms with E-state index in [1.165, 1.54) is 27.7 Å². The second-order valence-corrected chi connectivity index (χ2v) is 13.8. The summed E-state index contributed by atoms with van der Waals surface area (Å²) < 4.78 is 0. The highest BCUT2D eigenvalue weighted by Gasteiger charge is 2.23. The lowest BCUT2D eigenvalue weighted by atomic mass is 9.78. The van der Waals surface area contributed by atoms with Crippen molar-refractivity contribution in [2.45, 2.75) is 66.2 Å². The zero-order valence-corrected chi connectivity index (χ0v) is 34.3. The summed E-state index contributed by atoms with van der Waals surface area (Å²) in [6.07, 6.45) is 0. The van der Waals surface area contributed by atoms with Crippen LogP contribution >= 0.6 is 0 Å². The highest BCUT2D eigenvalue weighted by atomic mass is 16.4. The first-order valence-corrected chi connectivity index (χ1v) is 17.3. The summed E-state index contributed by atoms with van der Waals surface area (Å²) in [5.41, 5.74) is 4.90. The molecule has 8 N–H and O–H groups in total. The Labute approximate surface area is 340 Å². The zero-order chi connectivity index (χ0) is 45.6. The minimum absolute atomic E-state index is 0.151. The van der Waals surface area contributed by atoms with Gasteiger partial charge in [-0.15, -0.1) is 0 Å². The van der Waals surface area contributed by atoms with Gasteiger partial charge in [0.15, 0.2) is 0 Å². The van der Waals surface area contributed by atoms with E-state index in [0.29, 0.717) is 0 Å². The van der Waals surface area contributed by atoms with Crippen LogP contribution in [0.25, 0.3) is 0 Å². The van der Waals surface area contributed by atoms with Gasteiger partial charge in [0.05, 0.1) is 0 Å². The minimum atomic E-state index is -0.935. The van der Waals surface area contributed by atoms with E-state index in [0.717, 1.165) is 22.3 Å². The van der Waals surface area contributed by atoms with Crippen molar-refractivity contribution in [2.24, 2.45) is 0 Å². The summed E-state index contributed by atoms with van der Waals surface area (Å²) >= 11 is 0. The quantitative estimate of drug-likeness (QED) is 0.0779. The lowest BCUT2D eigenvalue weighted by molar-refractivity contribution is -0.133. The number of carboxylic acids is 4. The van der Waals surface area contributed by atoms with E-state index < -0.39 is 23.9 Å². The van der Waals surface area contributed by atoms with Crippen LogP contribution in [0.4, 0.5) is 0 Å². The van der Waals surface area contributed by atoms with Crippen LogP contribution in [0.15, 0.2) is 146 Å². The highest BCUT2D eigenvalue weighted by Crippen LogP contribution is 2.34. The molecule has 0 spiro atoms. The molecule has 312 valence electrons. The SMILES string of the molecule is C=C(C)C(=O)O.C=C(C)C(=O)O.C=C(C)C(=O)O.C=C(C)C(=O)O.CC(C)(c1ccc(O)cc1)c1ccc(O)cc1.CC(C)(c1ccc(O)cc1)c1ccc(O)cc1. The number of carbonyl (C=O) groups is 4. The Morgan fingerprint density at radius 1 is 0.345 bits per heavy atom. The molecule has 0 bridgehead atoms. The maximum Gasteiger partial charge on any atom is 0.330 e. The van der Waals surface area contributed by atoms with Gasteiger partial charge < -0.3 is 40.9 Å². The van der Waals surface area contributed by atoms with E-state index in [4.69, 9.17) is 20.4 Å². The summed E-state index contributed by atoms with van der Waals surface area (Å²) in [4.78, 5) is 38.4. The van der Waals surface area contributed by atoms with E-state index in [1.807, 2.05) is 48.5 Å². The van der Waals surface area contributed by atoms with Gasteiger partial charge in [-0.3, -0.25) is 0 Å². The average Bonchev–Trinajstić information content (AvgIpc) is 3.13. The van der Waals surface area contributed by atoms with Crippen LogP contribution in [0.1, 0.15) is 77.6 Å². The topological polar surface area (TPSA) is 230 Å². The lowest BCUT2D eigenvalue weighted by Gasteiger charge is -2.26. The maximum atomic E-state index is 9.60. The van der Waals surface area contributed by atoms with Crippen LogP contribution in [0.2, 0.25) is 0 Å². The molecule has 4 aromatic rings. The third-order valence-electron chi connectivity index (χ3n) is 7.82. The molecule has 0 atom stereocenters. The summed E-state index contributed by atoms with van der Waals surface area (Å²) in [7, 11) is 0. The Morgan fingerprint density at radius 2 is 0.448 bits per heavy atom. The molecule has 4 aromatic carbocycles. The Morgan fingerprint density at radius 3 is 0.534 bits per heavy atom. The molecule has 4 rings (SSSR count). The van der Waals surface area contributed by atoms with E-state index in [2.05, 4.69) is 54.0 Å². The molecule has 12 heteroatoms. The summed E-state index contributed by atoms with van der Waals surface area (Å²) in [5.74, 6) is -2.65. The number of phenolic OH excluding ortho intramolecular Hbond substituents is 4. The van der Waals surface area contributed by atoms with Crippen molar-refractivity contribution < 1.29 is 60.0 Å². The molecule has 58 heavy (non-hydrogen) atoms. The van der Waals surface area contributed by atoms with E-state index in [1.54, 1.807) is 48.5 Å². The molecule has 0 amide bonds. The lowest BCUT2D eigenvalue weighted by Crippen LogP contribution is -2.18. The second kappa shape index (κ2) is 25.2. The standard InChI is InChI=1S/2C15H16O2.4C4H6O2/c2*1-15(2,11-3-7-13(16)8-4-11)12-5-9-14(17)10-6-12;4*1-3(2)4(5)6/h2*3-10,16-17H,1-2H3;4*1H2,2H3,(H,5,6). The Kier molecular flexibility index (Phi) is 23.0. The number of rotatable bonds is 8. The molecule has 0 aliphatic heterocycles. The number of benzene rings is 4. The monoisotopic (exact) mass is 800 g/mol. The minimum Gasteiger partial charge on any atom is -0.508 e. The number of aromatic hydroxyl groups is 4. The first-order valence-electron chi connectivity index (χ1n) is 17.3. The third kappa shape index (κ3) is 21.1. The van der Waals surface area contributed by atoms with Crippen molar-refractivity contribution in [3.63, 3.8) is 0 Å². The number of hydrogen-bond acceptors (Lipinski definition) is 8. The van der Waals surface area contributed by atoms with Gasteiger partial charge in [0, 0.05) is 33.1 Å². The normalized spacial score (nSPS) is 9.79. The summed E-state index contributed by atoms with van der Waals surface area (Å²) in [6, 6.07) is 28.9. The van der Waals surface area contributed by atoms with Gasteiger partial charge in [0.2, 0.25) is 0 Å². The fourth-order valence-electron chi connectivity index (χ4n) is 3.85. The molecule has 0 saturated heterocycles. The van der Waals surface area contributed by atoms with E-state index >= 15 is 0 Å². The predicted octanol–water partition coefficient (Wildman–Crippen LogP) is 9.44. The van der Waals surface area contributed by atoms with Gasteiger partial charge in [-0.25, -0.2) is 19.2 Å². The molecule has 0 heterocycles. The molecule has 0 saturated carbocycles. The second-order valence-electron chi connectivity index (χ2n) is 13.8. The smallest absolute Gasteiger partial charge is 0.330 e. The molecule has 0 fully saturated rings. The Balaban J connectivity index is 0. The molecular weight excluding hydrogens is 744 g/mol. The van der Waals surface area contributed by atoms with Gasteiger partial charge in [0.25, 0.3) is 0 Å². The van der Waals surface area contributed by atoms with Crippen LogP contribution in [0, 0.1) is 0 Å². The first kappa shape index (κ1) is 53.0. The van der Waals surface area contributed by atoms with E-state index in [9.17, 15) is 39.6 Å². The first-order chi connectivity index (χ1) is 26.6. The number of hydrogen-bond donors (Lipinski definition) is 8. The number of aliphatic carboxylic acids is 4. The number of phenols is 4. The van der Waals surface area contributed by atoms with Crippen molar-refractivity contribution >= 4 is 23.9 Å². The summed E-state index contributed by atoms with van der Waals surface area (Å²) in [6.45, 7) is 26.9. The van der Waals surface area contributed by atoms with Crippen LogP contribution in [0.3, 0.4) is 0 Å². The van der Waals surface area contributed by atoms with Crippen molar-refractivity contribution in [3.05, 3.63) is 168 Å². The largest absolute Gasteiger partial charge is 0.508 e. The maximum absolute atomic E-state index is 9.60. The van der Waals surface area contributed by atoms with E-state index in [-0.39, 0.29) is 56.1 Å². The van der Waals surface area contributed by atoms with Crippen LogP contribution in [-0.2, 0) is 30.0 Å². The fraction of sp³-hybridized carbons (Fsp3) is 0.217. The van der Waals surface area contributed by atoms with Gasteiger partial charge in [-0.05, 0) is 98.5 Å². The fourth-order valence-corrected chi connectivity index (χ4v) is 3.85. The zero-order valence-electron chi connectivity index (χ0n) is 34.3. The van der Waals surface area contributed by atoms with Crippen molar-refractivity contribution in [1.82, 2.24) is 0 Å². The average molecular weight is 801 g/mol. The van der Waals surface area contributed by atoms with Crippen molar-refractivity contribution in [1.29, 1.82) is 0 Å². The Hall–Kier alpha value is -7.08. The number of carboxylic acid groups (broad SMARTS) is 4. The Bertz CT molecular complexity index is 1650. The van der Waals surface area contributed by atoms with Gasteiger partial charge in [-0.1, -0.05) is 103 Å². The van der Waals surface area contributed by atoms with Gasteiger partial charge in [-0.2, -0.15) is 0 Å². The van der Waals surface area contributed by atoms with Crippen LogP contribution in [-0.4, -0.2) is 64.7 Å². The molecular formula is C46H56O12. The van der Waals surface area contributed by atoms with Crippen LogP contribution < -0.4 is 0 Å². The molecule has 12 nitrogen and oxygen atoms in total. The molecule has 0 aliphatic rings. The van der Waals surface area contributed by atoms with Gasteiger partial charge >= 0.3 is 23.9 Å². The van der Waals surface area contributed by atoms with Gasteiger partial charge in [0.1, 0.15) is 23.0 Å². The molecule has 0 aliphatic carbocycles. The molecule has 0 unspecified atom stereocenters. The molecule has 0 radical (unpaired) electrons. The predicted molar refractivity (Wildman–Crippen MR) is 226 cm³/mol. The highest BCUT2D eigenvalue weighted by molar-refractivity contribution is 5.85. The third-order valence-corrected chi connectivity index (χ3v) is 7.82. The van der Waals surface area contributed by atoms with Crippen molar-refractivity contribution in [2.75, 3.05) is 0 Å². The molecule has 0 aromatic heterocycles. The van der Waals surface area contributed by atoms with Crippen LogP contribution in [0.5, 0.6) is 23.0 Å².